The topological polar surface area (TPSA) is 77.8 Å². The first kappa shape index (κ1) is 21.1. The summed E-state index contributed by atoms with van der Waals surface area (Å²) >= 11 is -1.35. The first-order valence-electron chi connectivity index (χ1n) is 9.85. The minimum atomic E-state index is -1.35. The Morgan fingerprint density at radius 1 is 1.25 bits per heavy atom. The van der Waals surface area contributed by atoms with Crippen molar-refractivity contribution in [2.75, 3.05) is 13.1 Å². The number of ether oxygens (including phenoxy) is 1. The molecule has 0 aromatic carbocycles. The number of carbonyl (C=O) groups is 1. The molecule has 3 rings (SSSR count). The van der Waals surface area contributed by atoms with E-state index in [0.717, 1.165) is 36.2 Å². The van der Waals surface area contributed by atoms with Crippen molar-refractivity contribution in [3.63, 3.8) is 0 Å². The Morgan fingerprint density at radius 2 is 1.89 bits per heavy atom. The van der Waals surface area contributed by atoms with E-state index >= 15 is 0 Å². The highest BCUT2D eigenvalue weighted by Gasteiger charge is 2.49. The number of nitrogens with zero attached hydrogens (tertiary/aromatic N) is 3. The molecule has 6 nitrogen and oxygen atoms in total. The van der Waals surface area contributed by atoms with E-state index in [2.05, 4.69) is 15.4 Å². The number of rotatable bonds is 1. The summed E-state index contributed by atoms with van der Waals surface area (Å²) in [7, 11) is 0. The van der Waals surface area contributed by atoms with Crippen molar-refractivity contribution in [1.29, 1.82) is 0 Å². The summed E-state index contributed by atoms with van der Waals surface area (Å²) in [5.41, 5.74) is 2.15. The van der Waals surface area contributed by atoms with Crippen LogP contribution in [0.25, 0.3) is 0 Å². The molecular formula is C21H31N3O3S. The Kier molecular flexibility index (Phi) is 5.53. The third kappa shape index (κ3) is 4.35. The van der Waals surface area contributed by atoms with Crippen LogP contribution in [-0.4, -0.2) is 49.7 Å². The second kappa shape index (κ2) is 7.34. The first-order valence-corrected chi connectivity index (χ1v) is 11.0. The Labute approximate surface area is 171 Å². The van der Waals surface area contributed by atoms with Crippen molar-refractivity contribution in [2.45, 2.75) is 71.2 Å². The molecule has 7 heteroatoms. The number of pyridine rings is 1. The molecule has 0 N–H and O–H groups in total. The van der Waals surface area contributed by atoms with Crippen LogP contribution in [0.4, 0.5) is 4.79 Å². The molecule has 1 aromatic heterocycles. The van der Waals surface area contributed by atoms with Gasteiger partial charge in [-0.25, -0.2) is 4.79 Å². The van der Waals surface area contributed by atoms with Gasteiger partial charge in [-0.05, 0) is 72.4 Å². The monoisotopic (exact) mass is 405 g/mol. The summed E-state index contributed by atoms with van der Waals surface area (Å²) in [5, 5.41) is 0. The van der Waals surface area contributed by atoms with E-state index in [-0.39, 0.29) is 11.5 Å². The van der Waals surface area contributed by atoms with Gasteiger partial charge in [0.1, 0.15) is 27.4 Å². The molecule has 2 heterocycles. The maximum Gasteiger partial charge on any atom is 0.410 e. The molecule has 0 saturated carbocycles. The fraction of sp³-hybridized carbons (Fsp3) is 0.667. The van der Waals surface area contributed by atoms with Gasteiger partial charge in [-0.1, -0.05) is 10.5 Å². The second-order valence-electron chi connectivity index (χ2n) is 9.74. The lowest BCUT2D eigenvalue weighted by Gasteiger charge is -2.39. The molecule has 1 atom stereocenters. The number of hydrogen-bond acceptors (Lipinski definition) is 5. The smallest absolute Gasteiger partial charge is 0.410 e. The average molecular weight is 406 g/mol. The molecule has 1 spiro atoms. The normalized spacial score (nSPS) is 21.7. The summed E-state index contributed by atoms with van der Waals surface area (Å²) in [4.78, 5) is 18.8. The molecule has 1 fully saturated rings. The van der Waals surface area contributed by atoms with Gasteiger partial charge in [0.05, 0.1) is 5.69 Å². The molecule has 154 valence electrons. The molecule has 0 bridgehead atoms. The Bertz CT molecular complexity index is 772. The lowest BCUT2D eigenvalue weighted by molar-refractivity contribution is 0.0159. The van der Waals surface area contributed by atoms with Crippen LogP contribution in [0.15, 0.2) is 22.7 Å². The average Bonchev–Trinajstić information content (AvgIpc) is 2.86. The van der Waals surface area contributed by atoms with Crippen molar-refractivity contribution in [3.8, 4) is 0 Å². The second-order valence-corrected chi connectivity index (χ2v) is 11.6. The van der Waals surface area contributed by atoms with Crippen molar-refractivity contribution in [1.82, 2.24) is 9.88 Å². The SMILES string of the molecule is CC(C)(C)OC(=O)N1CCC2(CC1)Cc1cccnc1/C2=N\[S@+]([O-])C(C)(C)C. The standard InChI is InChI=1S/C21H31N3O3S/c1-19(2,3)27-18(25)24-12-9-21(10-13-24)14-15-8-7-11-22-16(15)17(21)23-28(26)20(4,5)6/h7-8,11H,9-10,12-14H2,1-6H3/b23-17+/t28-/m1/s1. The van der Waals surface area contributed by atoms with Gasteiger partial charge < -0.3 is 14.2 Å². The summed E-state index contributed by atoms with van der Waals surface area (Å²) in [6, 6.07) is 4.01. The lowest BCUT2D eigenvalue weighted by atomic mass is 9.75. The molecule has 1 saturated heterocycles. The number of fused-ring (bicyclic) bond motifs is 1. The van der Waals surface area contributed by atoms with Gasteiger partial charge in [-0.3, -0.25) is 4.98 Å². The van der Waals surface area contributed by atoms with Crippen molar-refractivity contribution in [3.05, 3.63) is 29.6 Å². The van der Waals surface area contributed by atoms with E-state index in [1.165, 1.54) is 0 Å². The summed E-state index contributed by atoms with van der Waals surface area (Å²) in [6.45, 7) is 12.6. The predicted molar refractivity (Wildman–Crippen MR) is 112 cm³/mol. The Balaban J connectivity index is 1.85. The summed E-state index contributed by atoms with van der Waals surface area (Å²) < 4.78 is 22.6. The van der Waals surface area contributed by atoms with E-state index in [1.54, 1.807) is 11.1 Å². The molecular weight excluding hydrogens is 374 g/mol. The minimum absolute atomic E-state index is 0.212. The quantitative estimate of drug-likeness (QED) is 0.664. The molecule has 0 radical (unpaired) electrons. The predicted octanol–water partition coefficient (Wildman–Crippen LogP) is 3.91. The highest BCUT2D eigenvalue weighted by molar-refractivity contribution is 7.91. The fourth-order valence-corrected chi connectivity index (χ4v) is 4.43. The van der Waals surface area contributed by atoms with Crippen LogP contribution in [-0.2, 0) is 22.5 Å². The molecule has 1 amide bonds. The van der Waals surface area contributed by atoms with E-state index in [9.17, 15) is 9.35 Å². The van der Waals surface area contributed by atoms with E-state index in [1.807, 2.05) is 47.6 Å². The number of carbonyl (C=O) groups excluding carboxylic acids is 1. The van der Waals surface area contributed by atoms with E-state index < -0.39 is 21.7 Å². The van der Waals surface area contributed by atoms with Crippen LogP contribution < -0.4 is 0 Å². The van der Waals surface area contributed by atoms with Gasteiger partial charge in [0.25, 0.3) is 0 Å². The van der Waals surface area contributed by atoms with Gasteiger partial charge in [0.2, 0.25) is 0 Å². The van der Waals surface area contributed by atoms with Crippen molar-refractivity contribution in [2.24, 2.45) is 9.81 Å². The molecule has 1 aliphatic carbocycles. The van der Waals surface area contributed by atoms with Crippen LogP contribution in [0.5, 0.6) is 0 Å². The third-order valence-corrected chi connectivity index (χ3v) is 6.61. The fourth-order valence-electron chi connectivity index (χ4n) is 3.71. The Hall–Kier alpha value is -1.60. The van der Waals surface area contributed by atoms with E-state index in [0.29, 0.717) is 13.1 Å². The molecule has 2 aliphatic rings. The van der Waals surface area contributed by atoms with Crippen molar-refractivity contribution >= 4 is 23.2 Å². The minimum Gasteiger partial charge on any atom is -0.591 e. The highest BCUT2D eigenvalue weighted by Crippen LogP contribution is 2.45. The zero-order chi connectivity index (χ0) is 20.7. The Morgan fingerprint density at radius 3 is 2.46 bits per heavy atom. The zero-order valence-electron chi connectivity index (χ0n) is 17.7. The van der Waals surface area contributed by atoms with Gasteiger partial charge >= 0.3 is 6.09 Å². The molecule has 1 aliphatic heterocycles. The first-order chi connectivity index (χ1) is 12.9. The maximum atomic E-state index is 12.8. The summed E-state index contributed by atoms with van der Waals surface area (Å²) in [5.74, 6) is 0. The van der Waals surface area contributed by atoms with Gasteiger partial charge in [-0.15, -0.1) is 0 Å². The summed E-state index contributed by atoms with van der Waals surface area (Å²) in [6.07, 6.45) is 3.86. The zero-order valence-corrected chi connectivity index (χ0v) is 18.6. The molecule has 28 heavy (non-hydrogen) atoms. The van der Waals surface area contributed by atoms with Gasteiger partial charge in [0, 0.05) is 24.7 Å². The van der Waals surface area contributed by atoms with E-state index in [4.69, 9.17) is 4.74 Å². The molecule has 0 unspecified atom stereocenters. The number of amides is 1. The lowest BCUT2D eigenvalue weighted by Crippen LogP contribution is -2.47. The van der Waals surface area contributed by atoms with Gasteiger partial charge in [0.15, 0.2) is 0 Å². The van der Waals surface area contributed by atoms with Crippen LogP contribution in [0.3, 0.4) is 0 Å². The number of hydrogen-bond donors (Lipinski definition) is 0. The van der Waals surface area contributed by atoms with Crippen molar-refractivity contribution < 1.29 is 14.1 Å². The highest BCUT2D eigenvalue weighted by atomic mass is 32.2. The number of piperidine rings is 1. The largest absolute Gasteiger partial charge is 0.591 e. The molecule has 1 aromatic rings. The number of aromatic nitrogens is 1. The van der Waals surface area contributed by atoms with Crippen LogP contribution in [0.2, 0.25) is 0 Å². The van der Waals surface area contributed by atoms with Gasteiger partial charge in [-0.2, -0.15) is 0 Å². The third-order valence-electron chi connectivity index (χ3n) is 5.22. The maximum absolute atomic E-state index is 12.8. The van der Waals surface area contributed by atoms with Crippen LogP contribution in [0, 0.1) is 5.41 Å². The number of likely N-dealkylation sites (tertiary alicyclic amines) is 1. The van der Waals surface area contributed by atoms with Crippen LogP contribution in [0.1, 0.15) is 65.6 Å². The van der Waals surface area contributed by atoms with Crippen LogP contribution >= 0.6 is 0 Å².